The van der Waals surface area contributed by atoms with Gasteiger partial charge in [0, 0.05) is 0 Å². The van der Waals surface area contributed by atoms with Crippen molar-refractivity contribution < 1.29 is 13.3 Å². The lowest BCUT2D eigenvalue weighted by molar-refractivity contribution is -0.676. The van der Waals surface area contributed by atoms with Crippen LogP contribution in [0.15, 0.2) is 18.7 Å². The topological polar surface area (TPSA) is 46.1 Å². The highest BCUT2D eigenvalue weighted by Crippen LogP contribution is 2.03. The molecule has 1 atom stereocenters. The molecule has 1 rings (SSSR count). The van der Waals surface area contributed by atoms with Gasteiger partial charge in [0.15, 0.2) is 17.0 Å². The van der Waals surface area contributed by atoms with Crippen LogP contribution in [0.5, 0.6) is 0 Å². The van der Waals surface area contributed by atoms with E-state index in [1.165, 1.54) is 32.1 Å². The lowest BCUT2D eigenvalue weighted by Gasteiger charge is -1.97. The van der Waals surface area contributed by atoms with Gasteiger partial charge in [0.05, 0.1) is 6.54 Å². The van der Waals surface area contributed by atoms with Crippen LogP contribution in [0, 0.1) is 0 Å². The van der Waals surface area contributed by atoms with Gasteiger partial charge in [-0.3, -0.25) is 0 Å². The molecule has 4 nitrogen and oxygen atoms in total. The van der Waals surface area contributed by atoms with Crippen molar-refractivity contribution in [1.29, 1.82) is 0 Å². The number of hydrogen-bond donors (Lipinski definition) is 1. The van der Waals surface area contributed by atoms with Gasteiger partial charge in [0.2, 0.25) is 6.33 Å². The van der Waals surface area contributed by atoms with E-state index in [0.29, 0.717) is 0 Å². The summed E-state index contributed by atoms with van der Waals surface area (Å²) in [6.07, 6.45) is 12.0. The molecule has 5 heteroatoms. The molecule has 16 heavy (non-hydrogen) atoms. The molecule has 1 unspecified atom stereocenters. The predicted molar refractivity (Wildman–Crippen MR) is 64.2 cm³/mol. The maximum absolute atomic E-state index is 10.6. The zero-order valence-electron chi connectivity index (χ0n) is 9.84. The van der Waals surface area contributed by atoms with Crippen molar-refractivity contribution in [3.05, 3.63) is 18.7 Å². The molecule has 0 aliphatic rings. The standard InChI is InChI=1S/C11H20N2O2S/c1-2-3-4-5-6-7-12-8-9-13(10-12)11-16(14)15/h8-10H,2-7,11H2,1H3/p+1. The second kappa shape index (κ2) is 7.57. The van der Waals surface area contributed by atoms with E-state index in [2.05, 4.69) is 11.5 Å². The van der Waals surface area contributed by atoms with E-state index in [4.69, 9.17) is 4.55 Å². The molecule has 92 valence electrons. The molecule has 1 aromatic heterocycles. The summed E-state index contributed by atoms with van der Waals surface area (Å²) in [5.41, 5.74) is 0. The maximum atomic E-state index is 10.6. The molecule has 0 aliphatic heterocycles. The van der Waals surface area contributed by atoms with Crippen LogP contribution in [-0.4, -0.2) is 13.3 Å². The van der Waals surface area contributed by atoms with Gasteiger partial charge in [-0.05, 0) is 12.8 Å². The zero-order valence-corrected chi connectivity index (χ0v) is 10.7. The van der Waals surface area contributed by atoms with Gasteiger partial charge in [-0.15, -0.1) is 0 Å². The molecular weight excluding hydrogens is 224 g/mol. The van der Waals surface area contributed by atoms with Crippen molar-refractivity contribution >= 4 is 11.1 Å². The number of hydrogen-bond acceptors (Lipinski definition) is 1. The van der Waals surface area contributed by atoms with Crippen molar-refractivity contribution in [3.8, 4) is 0 Å². The largest absolute Gasteiger partial charge is 0.303 e. The number of unbranched alkanes of at least 4 members (excludes halogenated alkanes) is 4. The summed E-state index contributed by atoms with van der Waals surface area (Å²) in [5.74, 6) is 0.156. The molecule has 0 saturated heterocycles. The van der Waals surface area contributed by atoms with Gasteiger partial charge in [-0.2, -0.15) is 0 Å². The van der Waals surface area contributed by atoms with Crippen molar-refractivity contribution in [1.82, 2.24) is 4.57 Å². The molecule has 1 N–H and O–H groups in total. The SMILES string of the molecule is CCCCCCCn1cc[n+](CS(=O)O)c1. The zero-order chi connectivity index (χ0) is 11.8. The monoisotopic (exact) mass is 245 g/mol. The molecule has 0 bridgehead atoms. The lowest BCUT2D eigenvalue weighted by Crippen LogP contribution is -2.33. The van der Waals surface area contributed by atoms with Crippen molar-refractivity contribution in [2.45, 2.75) is 51.4 Å². The second-order valence-electron chi connectivity index (χ2n) is 4.03. The summed E-state index contributed by atoms with van der Waals surface area (Å²) in [5, 5.41) is 0. The number of imidazole rings is 1. The Hall–Kier alpha value is -0.680. The van der Waals surface area contributed by atoms with Gasteiger partial charge in [-0.25, -0.2) is 13.3 Å². The molecule has 0 amide bonds. The third kappa shape index (κ3) is 5.42. The van der Waals surface area contributed by atoms with Crippen LogP contribution in [0.1, 0.15) is 39.0 Å². The average molecular weight is 245 g/mol. The van der Waals surface area contributed by atoms with Crippen molar-refractivity contribution in [3.63, 3.8) is 0 Å². The number of aryl methyl sites for hydroxylation is 1. The van der Waals surface area contributed by atoms with Gasteiger partial charge < -0.3 is 4.55 Å². The smallest absolute Gasteiger partial charge is 0.244 e. The first kappa shape index (κ1) is 13.4. The lowest BCUT2D eigenvalue weighted by atomic mass is 10.1. The highest BCUT2D eigenvalue weighted by Gasteiger charge is 2.05. The van der Waals surface area contributed by atoms with E-state index >= 15 is 0 Å². The fourth-order valence-electron chi connectivity index (χ4n) is 1.67. The maximum Gasteiger partial charge on any atom is 0.244 e. The number of nitrogens with zero attached hydrogens (tertiary/aromatic N) is 2. The Labute approximate surface area is 99.6 Å². The van der Waals surface area contributed by atoms with Crippen LogP contribution < -0.4 is 4.57 Å². The fourth-order valence-corrected chi connectivity index (χ4v) is 2.08. The van der Waals surface area contributed by atoms with E-state index in [0.717, 1.165) is 6.54 Å². The second-order valence-corrected chi connectivity index (χ2v) is 4.93. The highest BCUT2D eigenvalue weighted by molar-refractivity contribution is 7.77. The fraction of sp³-hybridized carbons (Fsp3) is 0.727. The van der Waals surface area contributed by atoms with Crippen LogP contribution in [0.25, 0.3) is 0 Å². The Balaban J connectivity index is 2.21. The van der Waals surface area contributed by atoms with E-state index < -0.39 is 11.1 Å². The summed E-state index contributed by atoms with van der Waals surface area (Å²) >= 11 is -1.76. The van der Waals surface area contributed by atoms with Crippen LogP contribution in [0.4, 0.5) is 0 Å². The quantitative estimate of drug-likeness (QED) is 0.432. The minimum atomic E-state index is -1.76. The minimum absolute atomic E-state index is 0.156. The van der Waals surface area contributed by atoms with Crippen molar-refractivity contribution in [2.24, 2.45) is 0 Å². The first-order chi connectivity index (χ1) is 7.72. The predicted octanol–water partition coefficient (Wildman–Crippen LogP) is 1.93. The average Bonchev–Trinajstić information content (AvgIpc) is 2.64. The van der Waals surface area contributed by atoms with E-state index in [9.17, 15) is 4.21 Å². The van der Waals surface area contributed by atoms with Crippen LogP contribution in [0.3, 0.4) is 0 Å². The normalized spacial score (nSPS) is 12.9. The summed E-state index contributed by atoms with van der Waals surface area (Å²) in [6.45, 7) is 3.21. The highest BCUT2D eigenvalue weighted by atomic mass is 32.2. The van der Waals surface area contributed by atoms with E-state index in [-0.39, 0.29) is 5.88 Å². The van der Waals surface area contributed by atoms with Crippen LogP contribution >= 0.6 is 0 Å². The van der Waals surface area contributed by atoms with E-state index in [1.807, 2.05) is 18.7 Å². The third-order valence-electron chi connectivity index (χ3n) is 2.53. The molecule has 1 heterocycles. The summed E-state index contributed by atoms with van der Waals surface area (Å²) in [7, 11) is 0. The Bertz CT molecular complexity index is 326. The van der Waals surface area contributed by atoms with Gasteiger partial charge in [-0.1, -0.05) is 26.2 Å². The van der Waals surface area contributed by atoms with Crippen LogP contribution in [-0.2, 0) is 23.5 Å². The van der Waals surface area contributed by atoms with Crippen LogP contribution in [0.2, 0.25) is 0 Å². The molecule has 0 aliphatic carbocycles. The number of rotatable bonds is 8. The Kier molecular flexibility index (Phi) is 6.33. The Morgan fingerprint density at radius 1 is 1.31 bits per heavy atom. The summed E-state index contributed by atoms with van der Waals surface area (Å²) in [6, 6.07) is 0. The van der Waals surface area contributed by atoms with Gasteiger partial charge >= 0.3 is 0 Å². The molecule has 0 spiro atoms. The number of aromatic nitrogens is 2. The van der Waals surface area contributed by atoms with Crippen molar-refractivity contribution in [2.75, 3.05) is 0 Å². The molecule has 0 saturated carbocycles. The Morgan fingerprint density at radius 3 is 2.75 bits per heavy atom. The summed E-state index contributed by atoms with van der Waals surface area (Å²) < 4.78 is 23.1. The van der Waals surface area contributed by atoms with Gasteiger partial charge in [0.1, 0.15) is 12.4 Å². The first-order valence-electron chi connectivity index (χ1n) is 5.84. The Morgan fingerprint density at radius 2 is 2.06 bits per heavy atom. The first-order valence-corrected chi connectivity index (χ1v) is 7.12. The van der Waals surface area contributed by atoms with Gasteiger partial charge in [0.25, 0.3) is 0 Å². The minimum Gasteiger partial charge on any atom is -0.303 e. The summed E-state index contributed by atoms with van der Waals surface area (Å²) in [4.78, 5) is 0. The molecular formula is C11H21N2O2S+. The van der Waals surface area contributed by atoms with E-state index in [1.54, 1.807) is 4.57 Å². The molecule has 1 aromatic rings. The molecule has 0 aromatic carbocycles. The molecule has 0 fully saturated rings. The third-order valence-corrected chi connectivity index (χ3v) is 3.04. The molecule has 0 radical (unpaired) electrons.